The minimum atomic E-state index is -0.944. The number of carboxylic acid groups (broad SMARTS) is 1. The normalized spacial score (nSPS) is 21.2. The fraction of sp³-hybridized carbons (Fsp3) is 0.750. The number of hydrogen-bond acceptors (Lipinski definition) is 4. The van der Waals surface area contributed by atoms with Crippen LogP contribution in [0.1, 0.15) is 26.7 Å². The van der Waals surface area contributed by atoms with Gasteiger partial charge in [0, 0.05) is 6.54 Å². The first-order valence-electron chi connectivity index (χ1n) is 6.18. The minimum absolute atomic E-state index is 0.0939. The Bertz CT molecular complexity index is 341. The third-order valence-electron chi connectivity index (χ3n) is 2.86. The molecule has 2 atom stereocenters. The van der Waals surface area contributed by atoms with Crippen molar-refractivity contribution in [2.45, 2.75) is 26.7 Å². The molecule has 1 aliphatic rings. The first kappa shape index (κ1) is 14.5. The van der Waals surface area contributed by atoms with Gasteiger partial charge in [0.1, 0.15) is 6.54 Å². The predicted octanol–water partition coefficient (Wildman–Crippen LogP) is 0.509. The highest BCUT2D eigenvalue weighted by molar-refractivity contribution is 5.91. The van der Waals surface area contributed by atoms with E-state index in [9.17, 15) is 14.4 Å². The number of rotatable bonds is 7. The van der Waals surface area contributed by atoms with Gasteiger partial charge < -0.3 is 14.7 Å². The average Bonchev–Trinajstić information content (AvgIpc) is 3.07. The number of amides is 1. The van der Waals surface area contributed by atoms with Gasteiger partial charge in [-0.2, -0.15) is 0 Å². The summed E-state index contributed by atoms with van der Waals surface area (Å²) in [6.07, 6.45) is 1.09. The number of hydrogen-bond donors (Lipinski definition) is 1. The fourth-order valence-corrected chi connectivity index (χ4v) is 1.87. The molecule has 18 heavy (non-hydrogen) atoms. The van der Waals surface area contributed by atoms with Crippen LogP contribution in [0.25, 0.3) is 0 Å². The van der Waals surface area contributed by atoms with Gasteiger partial charge >= 0.3 is 11.9 Å². The SMILES string of the molecule is CCCN(CC(=O)OCC)C(=O)[C@@H]1C[C@@H]1C(=O)O. The minimum Gasteiger partial charge on any atom is -0.481 e. The Hall–Kier alpha value is -1.59. The summed E-state index contributed by atoms with van der Waals surface area (Å²) >= 11 is 0. The molecular weight excluding hydrogens is 238 g/mol. The van der Waals surface area contributed by atoms with Crippen molar-refractivity contribution in [2.75, 3.05) is 19.7 Å². The Kier molecular flexibility index (Phi) is 5.12. The van der Waals surface area contributed by atoms with Crippen molar-refractivity contribution in [2.24, 2.45) is 11.8 Å². The van der Waals surface area contributed by atoms with Crippen LogP contribution >= 0.6 is 0 Å². The number of carbonyl (C=O) groups is 3. The molecule has 6 heteroatoms. The second-order valence-corrected chi connectivity index (χ2v) is 4.35. The van der Waals surface area contributed by atoms with Crippen molar-refractivity contribution < 1.29 is 24.2 Å². The summed E-state index contributed by atoms with van der Waals surface area (Å²) in [5, 5.41) is 8.79. The lowest BCUT2D eigenvalue weighted by molar-refractivity contribution is -0.149. The predicted molar refractivity (Wildman–Crippen MR) is 62.7 cm³/mol. The zero-order chi connectivity index (χ0) is 13.7. The zero-order valence-corrected chi connectivity index (χ0v) is 10.7. The molecule has 6 nitrogen and oxygen atoms in total. The molecule has 0 aliphatic heterocycles. The molecule has 0 aromatic carbocycles. The van der Waals surface area contributed by atoms with Gasteiger partial charge in [0.2, 0.25) is 5.91 Å². The Balaban J connectivity index is 2.54. The summed E-state index contributed by atoms with van der Waals surface area (Å²) in [5.74, 6) is -2.70. The number of nitrogens with zero attached hydrogens (tertiary/aromatic N) is 1. The monoisotopic (exact) mass is 257 g/mol. The maximum atomic E-state index is 12.0. The smallest absolute Gasteiger partial charge is 0.325 e. The maximum absolute atomic E-state index is 12.0. The molecule has 1 rings (SSSR count). The van der Waals surface area contributed by atoms with Gasteiger partial charge in [-0.15, -0.1) is 0 Å². The van der Waals surface area contributed by atoms with E-state index in [0.717, 1.165) is 6.42 Å². The second-order valence-electron chi connectivity index (χ2n) is 4.35. The molecule has 1 fully saturated rings. The molecule has 0 unspecified atom stereocenters. The third-order valence-corrected chi connectivity index (χ3v) is 2.86. The van der Waals surface area contributed by atoms with Crippen molar-refractivity contribution >= 4 is 17.8 Å². The molecule has 0 aromatic rings. The molecular formula is C12H19NO5. The highest BCUT2D eigenvalue weighted by Crippen LogP contribution is 2.40. The molecule has 102 valence electrons. The molecule has 0 radical (unpaired) electrons. The van der Waals surface area contributed by atoms with Crippen molar-refractivity contribution in [3.05, 3.63) is 0 Å². The standard InChI is InChI=1S/C12H19NO5/c1-3-5-13(7-10(14)18-4-2)11(15)8-6-9(8)12(16)17/h8-9H,3-7H2,1-2H3,(H,16,17)/t8-,9+/m1/s1. The number of carboxylic acids is 1. The number of aliphatic carboxylic acids is 1. The lowest BCUT2D eigenvalue weighted by atomic mass is 10.2. The molecule has 1 N–H and O–H groups in total. The molecule has 1 amide bonds. The summed E-state index contributed by atoms with van der Waals surface area (Å²) in [7, 11) is 0. The van der Waals surface area contributed by atoms with Crippen LogP contribution in [-0.2, 0) is 19.1 Å². The van der Waals surface area contributed by atoms with Crippen LogP contribution in [0.3, 0.4) is 0 Å². The van der Waals surface area contributed by atoms with Gasteiger partial charge in [0.25, 0.3) is 0 Å². The fourth-order valence-electron chi connectivity index (χ4n) is 1.87. The molecule has 0 bridgehead atoms. The van der Waals surface area contributed by atoms with Crippen LogP contribution in [0.2, 0.25) is 0 Å². The topological polar surface area (TPSA) is 83.9 Å². The van der Waals surface area contributed by atoms with Crippen molar-refractivity contribution in [3.63, 3.8) is 0 Å². The van der Waals surface area contributed by atoms with Gasteiger partial charge in [0.15, 0.2) is 0 Å². The summed E-state index contributed by atoms with van der Waals surface area (Å²) in [6.45, 7) is 4.22. The lowest BCUT2D eigenvalue weighted by Gasteiger charge is -2.21. The van der Waals surface area contributed by atoms with E-state index >= 15 is 0 Å². The Morgan fingerprint density at radius 2 is 1.94 bits per heavy atom. The summed E-state index contributed by atoms with van der Waals surface area (Å²) < 4.78 is 4.79. The highest BCUT2D eigenvalue weighted by Gasteiger charge is 2.49. The average molecular weight is 257 g/mol. The van der Waals surface area contributed by atoms with Gasteiger partial charge in [-0.25, -0.2) is 0 Å². The first-order chi connectivity index (χ1) is 8.51. The molecule has 0 spiro atoms. The van der Waals surface area contributed by atoms with E-state index in [1.54, 1.807) is 6.92 Å². The molecule has 0 aromatic heterocycles. The van der Waals surface area contributed by atoms with E-state index in [1.807, 2.05) is 6.92 Å². The first-order valence-corrected chi connectivity index (χ1v) is 6.18. The second kappa shape index (κ2) is 6.37. The quantitative estimate of drug-likeness (QED) is 0.672. The van der Waals surface area contributed by atoms with Crippen molar-refractivity contribution in [3.8, 4) is 0 Å². The summed E-state index contributed by atoms with van der Waals surface area (Å²) in [5.41, 5.74) is 0. The van der Waals surface area contributed by atoms with Crippen molar-refractivity contribution in [1.29, 1.82) is 0 Å². The van der Waals surface area contributed by atoms with Crippen LogP contribution in [0.4, 0.5) is 0 Å². The van der Waals surface area contributed by atoms with E-state index in [-0.39, 0.29) is 19.1 Å². The Labute approximate surface area is 106 Å². The maximum Gasteiger partial charge on any atom is 0.325 e. The Morgan fingerprint density at radius 1 is 1.28 bits per heavy atom. The largest absolute Gasteiger partial charge is 0.481 e. The number of ether oxygens (including phenoxy) is 1. The van der Waals surface area contributed by atoms with Crippen LogP contribution in [0.15, 0.2) is 0 Å². The van der Waals surface area contributed by atoms with E-state index in [4.69, 9.17) is 9.84 Å². The molecule has 0 heterocycles. The van der Waals surface area contributed by atoms with Gasteiger partial charge in [-0.1, -0.05) is 6.92 Å². The van der Waals surface area contributed by atoms with E-state index in [0.29, 0.717) is 13.0 Å². The van der Waals surface area contributed by atoms with Crippen LogP contribution < -0.4 is 0 Å². The molecule has 1 aliphatic carbocycles. The lowest BCUT2D eigenvalue weighted by Crippen LogP contribution is -2.38. The molecule has 0 saturated heterocycles. The van der Waals surface area contributed by atoms with Crippen LogP contribution in [-0.4, -0.2) is 47.5 Å². The Morgan fingerprint density at radius 3 is 2.39 bits per heavy atom. The van der Waals surface area contributed by atoms with Gasteiger partial charge in [0.05, 0.1) is 18.4 Å². The summed E-state index contributed by atoms with van der Waals surface area (Å²) in [4.78, 5) is 35.5. The highest BCUT2D eigenvalue weighted by atomic mass is 16.5. The van der Waals surface area contributed by atoms with Gasteiger partial charge in [-0.3, -0.25) is 14.4 Å². The van der Waals surface area contributed by atoms with Crippen molar-refractivity contribution in [1.82, 2.24) is 4.90 Å². The van der Waals surface area contributed by atoms with Crippen LogP contribution in [0.5, 0.6) is 0 Å². The van der Waals surface area contributed by atoms with Crippen LogP contribution in [0, 0.1) is 11.8 Å². The van der Waals surface area contributed by atoms with E-state index < -0.39 is 23.8 Å². The summed E-state index contributed by atoms with van der Waals surface area (Å²) in [6, 6.07) is 0. The number of esters is 1. The van der Waals surface area contributed by atoms with E-state index in [2.05, 4.69) is 0 Å². The van der Waals surface area contributed by atoms with E-state index in [1.165, 1.54) is 4.90 Å². The third kappa shape index (κ3) is 3.72. The molecule has 1 saturated carbocycles. The van der Waals surface area contributed by atoms with Gasteiger partial charge in [-0.05, 0) is 19.8 Å². The number of carbonyl (C=O) groups excluding carboxylic acids is 2. The zero-order valence-electron chi connectivity index (χ0n) is 10.7.